The summed E-state index contributed by atoms with van der Waals surface area (Å²) in [5.41, 5.74) is 2.12. The summed E-state index contributed by atoms with van der Waals surface area (Å²) in [7, 11) is 4.56. The normalized spacial score (nSPS) is 17.3. The summed E-state index contributed by atoms with van der Waals surface area (Å²) in [6.45, 7) is 1.94. The molecule has 0 unspecified atom stereocenters. The SMILES string of the molecule is COc1ccc([C@H](OC)C(=O)N2[C@H](C)CC[C@H]2C(=O)Nc2nc(-c3ccc(Cl)s3)cn2-c2ccccc2)cc1OC. The number of carbonyl (C=O) groups is 2. The molecule has 11 heteroatoms. The minimum absolute atomic E-state index is 0.159. The molecular weight excluding hydrogens is 564 g/mol. The van der Waals surface area contributed by atoms with Gasteiger partial charge in [-0.3, -0.25) is 19.5 Å². The second kappa shape index (κ2) is 12.3. The molecule has 1 aliphatic rings. The minimum Gasteiger partial charge on any atom is -0.493 e. The van der Waals surface area contributed by atoms with Gasteiger partial charge >= 0.3 is 0 Å². The molecule has 0 saturated carbocycles. The summed E-state index contributed by atoms with van der Waals surface area (Å²) in [4.78, 5) is 34.9. The van der Waals surface area contributed by atoms with Crippen LogP contribution in [0.1, 0.15) is 31.4 Å². The highest BCUT2D eigenvalue weighted by Crippen LogP contribution is 2.35. The summed E-state index contributed by atoms with van der Waals surface area (Å²) in [6.07, 6.45) is 2.14. The molecule has 2 aromatic heterocycles. The van der Waals surface area contributed by atoms with Gasteiger partial charge in [-0.1, -0.05) is 35.9 Å². The highest BCUT2D eigenvalue weighted by Gasteiger charge is 2.42. The predicted octanol–water partition coefficient (Wildman–Crippen LogP) is 5.98. The fourth-order valence-electron chi connectivity index (χ4n) is 5.16. The lowest BCUT2D eigenvalue weighted by Crippen LogP contribution is -2.48. The Balaban J connectivity index is 1.43. The smallest absolute Gasteiger partial charge is 0.257 e. The van der Waals surface area contributed by atoms with Gasteiger partial charge in [0, 0.05) is 25.0 Å². The number of anilines is 1. The van der Waals surface area contributed by atoms with Gasteiger partial charge < -0.3 is 19.1 Å². The maximum atomic E-state index is 13.9. The third-order valence-corrected chi connectivity index (χ3v) is 8.45. The van der Waals surface area contributed by atoms with Crippen molar-refractivity contribution in [2.45, 2.75) is 38.0 Å². The van der Waals surface area contributed by atoms with E-state index in [1.165, 1.54) is 25.6 Å². The maximum absolute atomic E-state index is 13.9. The molecule has 1 N–H and O–H groups in total. The van der Waals surface area contributed by atoms with Crippen molar-refractivity contribution >= 4 is 40.7 Å². The van der Waals surface area contributed by atoms with Crippen molar-refractivity contribution in [1.82, 2.24) is 14.5 Å². The molecule has 0 spiro atoms. The predicted molar refractivity (Wildman–Crippen MR) is 159 cm³/mol. The van der Waals surface area contributed by atoms with E-state index >= 15 is 0 Å². The number of hydrogen-bond acceptors (Lipinski definition) is 7. The number of hydrogen-bond donors (Lipinski definition) is 1. The van der Waals surface area contributed by atoms with Crippen LogP contribution in [-0.2, 0) is 14.3 Å². The zero-order valence-electron chi connectivity index (χ0n) is 23.2. The number of thiophene rings is 1. The molecule has 9 nitrogen and oxygen atoms in total. The molecule has 2 amide bonds. The molecule has 1 fully saturated rings. The molecule has 3 atom stereocenters. The molecule has 0 radical (unpaired) electrons. The lowest BCUT2D eigenvalue weighted by atomic mass is 10.1. The van der Waals surface area contributed by atoms with Gasteiger partial charge in [0.05, 0.1) is 23.4 Å². The van der Waals surface area contributed by atoms with Crippen LogP contribution in [0.2, 0.25) is 4.34 Å². The highest BCUT2D eigenvalue weighted by molar-refractivity contribution is 7.19. The lowest BCUT2D eigenvalue weighted by molar-refractivity contribution is -0.148. The Bertz CT molecular complexity index is 1540. The molecule has 2 aromatic carbocycles. The molecule has 214 valence electrons. The Kier molecular flexibility index (Phi) is 8.63. The van der Waals surface area contributed by atoms with E-state index in [0.29, 0.717) is 45.9 Å². The fourth-order valence-corrected chi connectivity index (χ4v) is 6.16. The van der Waals surface area contributed by atoms with Crippen molar-refractivity contribution in [2.24, 2.45) is 0 Å². The van der Waals surface area contributed by atoms with E-state index in [2.05, 4.69) is 5.32 Å². The van der Waals surface area contributed by atoms with E-state index in [1.54, 1.807) is 30.2 Å². The molecule has 1 aliphatic heterocycles. The van der Waals surface area contributed by atoms with Gasteiger partial charge in [-0.2, -0.15) is 0 Å². The first-order valence-corrected chi connectivity index (χ1v) is 14.3. The van der Waals surface area contributed by atoms with Crippen molar-refractivity contribution in [2.75, 3.05) is 26.6 Å². The summed E-state index contributed by atoms with van der Waals surface area (Å²) in [6, 6.07) is 17.7. The molecule has 3 heterocycles. The van der Waals surface area contributed by atoms with Crippen molar-refractivity contribution < 1.29 is 23.8 Å². The third-order valence-electron chi connectivity index (χ3n) is 7.20. The summed E-state index contributed by atoms with van der Waals surface area (Å²) in [5.74, 6) is 0.770. The minimum atomic E-state index is -0.924. The van der Waals surface area contributed by atoms with Crippen LogP contribution in [0.5, 0.6) is 11.5 Å². The number of methoxy groups -OCH3 is 3. The average Bonchev–Trinajstić information content (AvgIpc) is 3.71. The van der Waals surface area contributed by atoms with Crippen molar-refractivity contribution in [3.05, 3.63) is 76.8 Å². The number of nitrogens with zero attached hydrogens (tertiary/aromatic N) is 3. The van der Waals surface area contributed by atoms with Crippen LogP contribution in [0.15, 0.2) is 66.9 Å². The average molecular weight is 595 g/mol. The number of likely N-dealkylation sites (tertiary alicyclic amines) is 1. The number of benzene rings is 2. The van der Waals surface area contributed by atoms with Crippen LogP contribution < -0.4 is 14.8 Å². The van der Waals surface area contributed by atoms with Gasteiger partial charge in [-0.05, 0) is 61.7 Å². The van der Waals surface area contributed by atoms with Crippen LogP contribution in [0.4, 0.5) is 5.95 Å². The summed E-state index contributed by atoms with van der Waals surface area (Å²) >= 11 is 7.58. The third kappa shape index (κ3) is 5.81. The Labute approximate surface area is 247 Å². The topological polar surface area (TPSA) is 94.9 Å². The number of carbonyl (C=O) groups excluding carboxylic acids is 2. The van der Waals surface area contributed by atoms with Crippen molar-refractivity contribution in [3.63, 3.8) is 0 Å². The standard InChI is InChI=1S/C30H31ClN4O5S/c1-18-10-12-22(35(18)29(37)27(40-4)19-11-13-23(38-2)24(16-19)39-3)28(36)33-30-32-21(25-14-15-26(31)41-25)17-34(30)20-8-6-5-7-9-20/h5-9,11,13-18,22,27H,10,12H2,1-4H3,(H,32,33,36)/t18-,22+,27+/m1/s1. The monoisotopic (exact) mass is 594 g/mol. The molecule has 1 saturated heterocycles. The number of halogens is 1. The first-order valence-electron chi connectivity index (χ1n) is 13.1. The van der Waals surface area contributed by atoms with Crippen molar-refractivity contribution in [1.29, 1.82) is 0 Å². The second-order valence-electron chi connectivity index (χ2n) is 9.67. The van der Waals surface area contributed by atoms with E-state index in [0.717, 1.165) is 10.6 Å². The number of amides is 2. The van der Waals surface area contributed by atoms with Crippen LogP contribution in [0, 0.1) is 0 Å². The zero-order chi connectivity index (χ0) is 29.1. The van der Waals surface area contributed by atoms with Crippen LogP contribution in [-0.4, -0.2) is 59.7 Å². The van der Waals surface area contributed by atoms with Gasteiger partial charge in [-0.15, -0.1) is 11.3 Å². The lowest BCUT2D eigenvalue weighted by Gasteiger charge is -2.31. The molecule has 0 bridgehead atoms. The molecule has 41 heavy (non-hydrogen) atoms. The first kappa shape index (κ1) is 28.7. The van der Waals surface area contributed by atoms with Gasteiger partial charge in [0.25, 0.3) is 5.91 Å². The molecule has 4 aromatic rings. The number of ether oxygens (including phenoxy) is 3. The van der Waals surface area contributed by atoms with Gasteiger partial charge in [-0.25, -0.2) is 4.98 Å². The summed E-state index contributed by atoms with van der Waals surface area (Å²) in [5, 5.41) is 3.00. The second-order valence-corrected chi connectivity index (χ2v) is 11.4. The number of nitrogens with one attached hydrogen (secondary N) is 1. The molecule has 5 rings (SSSR count). The van der Waals surface area contributed by atoms with E-state index in [4.69, 9.17) is 30.8 Å². The quantitative estimate of drug-likeness (QED) is 0.256. The number of rotatable bonds is 9. The molecular formula is C30H31ClN4O5S. The zero-order valence-corrected chi connectivity index (χ0v) is 24.7. The largest absolute Gasteiger partial charge is 0.493 e. The van der Waals surface area contributed by atoms with Gasteiger partial charge in [0.2, 0.25) is 11.9 Å². The van der Waals surface area contributed by atoms with Gasteiger partial charge in [0.15, 0.2) is 17.6 Å². The molecule has 0 aliphatic carbocycles. The van der Waals surface area contributed by atoms with Crippen molar-refractivity contribution in [3.8, 4) is 27.8 Å². The number of para-hydroxylation sites is 1. The van der Waals surface area contributed by atoms with Crippen LogP contribution in [0.25, 0.3) is 16.3 Å². The first-order chi connectivity index (χ1) is 19.8. The number of imidazole rings is 1. The Morgan fingerprint density at radius 2 is 1.78 bits per heavy atom. The summed E-state index contributed by atoms with van der Waals surface area (Å²) < 4.78 is 18.9. The highest BCUT2D eigenvalue weighted by atomic mass is 35.5. The Hall–Kier alpha value is -3.86. The van der Waals surface area contributed by atoms with E-state index in [1.807, 2.05) is 60.2 Å². The Morgan fingerprint density at radius 3 is 2.44 bits per heavy atom. The Morgan fingerprint density at radius 1 is 1.02 bits per heavy atom. The number of aromatic nitrogens is 2. The van der Waals surface area contributed by atoms with E-state index in [-0.39, 0.29) is 17.9 Å². The van der Waals surface area contributed by atoms with E-state index in [9.17, 15) is 9.59 Å². The van der Waals surface area contributed by atoms with Gasteiger partial charge in [0.1, 0.15) is 11.7 Å². The fraction of sp³-hybridized carbons (Fsp3) is 0.300. The van der Waals surface area contributed by atoms with E-state index < -0.39 is 12.1 Å². The maximum Gasteiger partial charge on any atom is 0.257 e. The van der Waals surface area contributed by atoms with Crippen LogP contribution in [0.3, 0.4) is 0 Å². The van der Waals surface area contributed by atoms with Crippen LogP contribution >= 0.6 is 22.9 Å².